The molecule has 0 spiro atoms. The zero-order chi connectivity index (χ0) is 14.4. The first-order valence-corrected chi connectivity index (χ1v) is 5.78. The number of carbonyl (C=O) groups is 1. The van der Waals surface area contributed by atoms with Gasteiger partial charge in [-0.3, -0.25) is 4.79 Å². The Hall–Kier alpha value is -1.95. The van der Waals surface area contributed by atoms with E-state index in [1.54, 1.807) is 19.2 Å². The lowest BCUT2D eigenvalue weighted by molar-refractivity contribution is -0.137. The van der Waals surface area contributed by atoms with Gasteiger partial charge in [0.05, 0.1) is 27.8 Å². The van der Waals surface area contributed by atoms with Crippen molar-refractivity contribution in [3.63, 3.8) is 0 Å². The fourth-order valence-electron chi connectivity index (χ4n) is 1.84. The molecule has 0 saturated heterocycles. The highest BCUT2D eigenvalue weighted by Crippen LogP contribution is 2.34. The molecule has 1 aromatic carbocycles. The van der Waals surface area contributed by atoms with Crippen LogP contribution in [0, 0.1) is 0 Å². The van der Waals surface area contributed by atoms with Crippen molar-refractivity contribution in [2.75, 3.05) is 21.3 Å². The third-order valence-corrected chi connectivity index (χ3v) is 2.72. The largest absolute Gasteiger partial charge is 0.496 e. The highest BCUT2D eigenvalue weighted by atomic mass is 16.5. The number of hydrogen-bond donors (Lipinski definition) is 2. The van der Waals surface area contributed by atoms with Crippen molar-refractivity contribution in [3.05, 3.63) is 17.7 Å². The Kier molecular flexibility index (Phi) is 5.44. The summed E-state index contributed by atoms with van der Waals surface area (Å²) in [5.41, 5.74) is 6.54. The van der Waals surface area contributed by atoms with Crippen LogP contribution in [0.4, 0.5) is 0 Å². The minimum absolute atomic E-state index is 0.113. The molecule has 0 fully saturated rings. The molecule has 0 aliphatic rings. The van der Waals surface area contributed by atoms with Gasteiger partial charge in [0.15, 0.2) is 0 Å². The van der Waals surface area contributed by atoms with Gasteiger partial charge >= 0.3 is 5.97 Å². The summed E-state index contributed by atoms with van der Waals surface area (Å²) in [6.45, 7) is 0. The van der Waals surface area contributed by atoms with Gasteiger partial charge in [0, 0.05) is 23.7 Å². The molecule has 6 nitrogen and oxygen atoms in total. The molecule has 0 amide bonds. The summed E-state index contributed by atoms with van der Waals surface area (Å²) in [4.78, 5) is 10.6. The lowest BCUT2D eigenvalue weighted by Crippen LogP contribution is -2.26. The van der Waals surface area contributed by atoms with E-state index >= 15 is 0 Å². The van der Waals surface area contributed by atoms with Crippen molar-refractivity contribution < 1.29 is 24.1 Å². The number of hydrogen-bond acceptors (Lipinski definition) is 5. The molecule has 3 N–H and O–H groups in total. The zero-order valence-corrected chi connectivity index (χ0v) is 11.3. The minimum Gasteiger partial charge on any atom is -0.496 e. The Bertz CT molecular complexity index is 422. The SMILES string of the molecule is COc1cc(OC)c(CC(N)CC(=O)O)c(OC)c1. The van der Waals surface area contributed by atoms with E-state index in [0.29, 0.717) is 23.7 Å². The van der Waals surface area contributed by atoms with Gasteiger partial charge in [-0.1, -0.05) is 0 Å². The highest BCUT2D eigenvalue weighted by molar-refractivity contribution is 5.67. The fraction of sp³-hybridized carbons (Fsp3) is 0.462. The van der Waals surface area contributed by atoms with Crippen LogP contribution in [0.5, 0.6) is 17.2 Å². The van der Waals surface area contributed by atoms with Crippen molar-refractivity contribution in [2.24, 2.45) is 5.73 Å². The molecule has 0 heterocycles. The second-order valence-corrected chi connectivity index (χ2v) is 4.07. The Morgan fingerprint density at radius 1 is 1.21 bits per heavy atom. The van der Waals surface area contributed by atoms with Gasteiger partial charge in [0.1, 0.15) is 17.2 Å². The number of rotatable bonds is 7. The van der Waals surface area contributed by atoms with Crippen LogP contribution in [0.25, 0.3) is 0 Å². The first-order valence-electron chi connectivity index (χ1n) is 5.78. The van der Waals surface area contributed by atoms with Crippen LogP contribution in [0.1, 0.15) is 12.0 Å². The summed E-state index contributed by atoms with van der Waals surface area (Å²) in [5, 5.41) is 8.73. The highest BCUT2D eigenvalue weighted by Gasteiger charge is 2.17. The van der Waals surface area contributed by atoms with Crippen molar-refractivity contribution in [2.45, 2.75) is 18.9 Å². The van der Waals surface area contributed by atoms with Crippen LogP contribution < -0.4 is 19.9 Å². The maximum atomic E-state index is 10.6. The lowest BCUT2D eigenvalue weighted by atomic mass is 10.0. The molecule has 1 atom stereocenters. The Morgan fingerprint density at radius 2 is 1.74 bits per heavy atom. The Balaban J connectivity index is 3.06. The van der Waals surface area contributed by atoms with E-state index < -0.39 is 12.0 Å². The van der Waals surface area contributed by atoms with Gasteiger partial charge in [-0.2, -0.15) is 0 Å². The normalized spacial score (nSPS) is 11.8. The van der Waals surface area contributed by atoms with Gasteiger partial charge in [-0.15, -0.1) is 0 Å². The third kappa shape index (κ3) is 4.03. The van der Waals surface area contributed by atoms with Crippen LogP contribution in [0.15, 0.2) is 12.1 Å². The minimum atomic E-state index is -0.932. The molecule has 1 rings (SSSR count). The lowest BCUT2D eigenvalue weighted by Gasteiger charge is -2.17. The van der Waals surface area contributed by atoms with Crippen LogP contribution in [0.2, 0.25) is 0 Å². The molecule has 0 aliphatic heterocycles. The summed E-state index contributed by atoms with van der Waals surface area (Å²) in [7, 11) is 4.60. The Morgan fingerprint density at radius 3 is 2.11 bits per heavy atom. The van der Waals surface area contributed by atoms with E-state index in [1.807, 2.05) is 0 Å². The molecule has 19 heavy (non-hydrogen) atoms. The van der Waals surface area contributed by atoms with Crippen LogP contribution in [-0.2, 0) is 11.2 Å². The van der Waals surface area contributed by atoms with Gasteiger partial charge in [0.2, 0.25) is 0 Å². The molecule has 1 unspecified atom stereocenters. The zero-order valence-electron chi connectivity index (χ0n) is 11.3. The number of carboxylic acids is 1. The van der Waals surface area contributed by atoms with Crippen molar-refractivity contribution in [1.29, 1.82) is 0 Å². The van der Waals surface area contributed by atoms with E-state index in [0.717, 1.165) is 5.56 Å². The number of ether oxygens (including phenoxy) is 3. The third-order valence-electron chi connectivity index (χ3n) is 2.72. The van der Waals surface area contributed by atoms with E-state index in [4.69, 9.17) is 25.1 Å². The molecular formula is C13H19NO5. The molecule has 0 saturated carbocycles. The first kappa shape index (κ1) is 15.1. The van der Waals surface area contributed by atoms with Crippen LogP contribution in [0.3, 0.4) is 0 Å². The fourth-order valence-corrected chi connectivity index (χ4v) is 1.84. The summed E-state index contributed by atoms with van der Waals surface area (Å²) in [6.07, 6.45) is 0.237. The average molecular weight is 269 g/mol. The predicted molar refractivity (Wildman–Crippen MR) is 70.0 cm³/mol. The average Bonchev–Trinajstić information content (AvgIpc) is 2.37. The quantitative estimate of drug-likeness (QED) is 0.769. The van der Waals surface area contributed by atoms with Gasteiger partial charge < -0.3 is 25.1 Å². The monoisotopic (exact) mass is 269 g/mol. The van der Waals surface area contributed by atoms with Gasteiger partial charge in [-0.05, 0) is 6.42 Å². The summed E-state index contributed by atoms with van der Waals surface area (Å²) >= 11 is 0. The molecule has 0 aliphatic carbocycles. The van der Waals surface area contributed by atoms with Gasteiger partial charge in [-0.25, -0.2) is 0 Å². The smallest absolute Gasteiger partial charge is 0.304 e. The molecule has 1 aromatic rings. The standard InChI is InChI=1S/C13H19NO5/c1-17-9-6-11(18-2)10(12(7-9)19-3)4-8(14)5-13(15)16/h6-8H,4-5,14H2,1-3H3,(H,15,16). The molecule has 0 radical (unpaired) electrons. The maximum absolute atomic E-state index is 10.6. The van der Waals surface area contributed by atoms with Crippen molar-refractivity contribution in [1.82, 2.24) is 0 Å². The number of carboxylic acid groups (broad SMARTS) is 1. The van der Waals surface area contributed by atoms with Crippen LogP contribution >= 0.6 is 0 Å². The summed E-state index contributed by atoms with van der Waals surface area (Å²) in [5.74, 6) is 0.803. The molecular weight excluding hydrogens is 250 g/mol. The second-order valence-electron chi connectivity index (χ2n) is 4.07. The van der Waals surface area contributed by atoms with E-state index in [-0.39, 0.29) is 6.42 Å². The van der Waals surface area contributed by atoms with Gasteiger partial charge in [0.25, 0.3) is 0 Å². The number of nitrogens with two attached hydrogens (primary N) is 1. The molecule has 0 aromatic heterocycles. The predicted octanol–water partition coefficient (Wildman–Crippen LogP) is 1.06. The van der Waals surface area contributed by atoms with E-state index in [1.165, 1.54) is 14.2 Å². The van der Waals surface area contributed by atoms with E-state index in [9.17, 15) is 4.79 Å². The molecule has 106 valence electrons. The first-order chi connectivity index (χ1) is 9.01. The topological polar surface area (TPSA) is 91.0 Å². The maximum Gasteiger partial charge on any atom is 0.304 e. The molecule has 0 bridgehead atoms. The van der Waals surface area contributed by atoms with Crippen molar-refractivity contribution in [3.8, 4) is 17.2 Å². The summed E-state index contributed by atoms with van der Waals surface area (Å²) in [6, 6.07) is 2.92. The number of methoxy groups -OCH3 is 3. The van der Waals surface area contributed by atoms with Crippen molar-refractivity contribution >= 4 is 5.97 Å². The molecule has 6 heteroatoms. The van der Waals surface area contributed by atoms with E-state index in [2.05, 4.69) is 0 Å². The summed E-state index contributed by atoms with van der Waals surface area (Å²) < 4.78 is 15.7. The second kappa shape index (κ2) is 6.84. The number of aliphatic carboxylic acids is 1. The number of benzene rings is 1. The van der Waals surface area contributed by atoms with Crippen LogP contribution in [-0.4, -0.2) is 38.4 Å². The Labute approximate surface area is 112 Å².